The van der Waals surface area contributed by atoms with Gasteiger partial charge in [0.25, 0.3) is 5.91 Å². The average molecular weight is 311 g/mol. The summed E-state index contributed by atoms with van der Waals surface area (Å²) in [5.74, 6) is -0.381. The third kappa shape index (κ3) is 3.37. The van der Waals surface area contributed by atoms with Crippen molar-refractivity contribution in [3.05, 3.63) is 51.3 Å². The molecule has 1 amide bonds. The van der Waals surface area contributed by atoms with E-state index in [0.717, 1.165) is 11.3 Å². The van der Waals surface area contributed by atoms with E-state index in [1.54, 1.807) is 31.2 Å². The molecule has 0 bridgehead atoms. The summed E-state index contributed by atoms with van der Waals surface area (Å²) in [4.78, 5) is 11.8. The molecule has 0 spiro atoms. The number of hydrazone groups is 1. The van der Waals surface area contributed by atoms with Crippen molar-refractivity contribution in [3.8, 4) is 0 Å². The van der Waals surface area contributed by atoms with E-state index in [9.17, 15) is 4.79 Å². The van der Waals surface area contributed by atoms with Crippen molar-refractivity contribution in [2.45, 2.75) is 13.8 Å². The first kappa shape index (κ1) is 14.6. The third-order valence-corrected chi connectivity index (χ3v) is 3.34. The molecule has 0 aliphatic rings. The number of carbonyl (C=O) groups is 1. The highest BCUT2D eigenvalue weighted by Crippen LogP contribution is 2.22. The predicted octanol–water partition coefficient (Wildman–Crippen LogP) is 3.18. The largest absolute Gasteiger partial charge is 0.291 e. The van der Waals surface area contributed by atoms with Crippen LogP contribution in [-0.2, 0) is 0 Å². The van der Waals surface area contributed by atoms with Crippen LogP contribution in [0.2, 0.25) is 10.0 Å². The quantitative estimate of drug-likeness (QED) is 0.675. The Balaban J connectivity index is 2.10. The molecule has 0 unspecified atom stereocenters. The number of hydrogen-bond donors (Lipinski definition) is 2. The predicted molar refractivity (Wildman–Crippen MR) is 79.5 cm³/mol. The number of nitrogens with one attached hydrogen (secondary N) is 2. The first-order valence-corrected chi connectivity index (χ1v) is 6.55. The number of aryl methyl sites for hydroxylation is 1. The fourth-order valence-electron chi connectivity index (χ4n) is 1.51. The molecule has 0 fully saturated rings. The maximum Gasteiger partial charge on any atom is 0.291 e. The number of amides is 1. The summed E-state index contributed by atoms with van der Waals surface area (Å²) >= 11 is 11.8. The Morgan fingerprint density at radius 1 is 1.30 bits per heavy atom. The summed E-state index contributed by atoms with van der Waals surface area (Å²) in [6.07, 6.45) is 0. The monoisotopic (exact) mass is 310 g/mol. The van der Waals surface area contributed by atoms with Crippen LogP contribution in [0.4, 0.5) is 0 Å². The van der Waals surface area contributed by atoms with E-state index in [1.807, 2.05) is 6.92 Å². The molecule has 104 valence electrons. The molecular formula is C13H12Cl2N4O. The summed E-state index contributed by atoms with van der Waals surface area (Å²) in [6.45, 7) is 3.57. The van der Waals surface area contributed by atoms with Crippen LogP contribution in [-0.4, -0.2) is 21.8 Å². The second-order valence-corrected chi connectivity index (χ2v) is 5.02. The minimum Gasteiger partial charge on any atom is -0.282 e. The lowest BCUT2D eigenvalue weighted by Gasteiger charge is -2.03. The minimum absolute atomic E-state index is 0.285. The summed E-state index contributed by atoms with van der Waals surface area (Å²) in [6, 6.07) is 6.78. The number of hydrogen-bond acceptors (Lipinski definition) is 3. The fourth-order valence-corrected chi connectivity index (χ4v) is 1.81. The molecule has 0 aliphatic carbocycles. The van der Waals surface area contributed by atoms with Crippen LogP contribution < -0.4 is 5.43 Å². The van der Waals surface area contributed by atoms with Gasteiger partial charge in [-0.1, -0.05) is 29.3 Å². The number of aromatic amines is 1. The molecule has 1 heterocycles. The smallest absolute Gasteiger partial charge is 0.282 e. The first-order chi connectivity index (χ1) is 9.47. The number of rotatable bonds is 3. The van der Waals surface area contributed by atoms with Crippen molar-refractivity contribution in [1.29, 1.82) is 0 Å². The van der Waals surface area contributed by atoms with E-state index in [4.69, 9.17) is 23.2 Å². The molecule has 2 aromatic rings. The van der Waals surface area contributed by atoms with Gasteiger partial charge >= 0.3 is 0 Å². The molecule has 2 rings (SSSR count). The average Bonchev–Trinajstić information content (AvgIpc) is 2.85. The van der Waals surface area contributed by atoms with Gasteiger partial charge < -0.3 is 0 Å². The van der Waals surface area contributed by atoms with E-state index in [-0.39, 0.29) is 11.6 Å². The van der Waals surface area contributed by atoms with Gasteiger partial charge in [0.1, 0.15) is 0 Å². The Kier molecular flexibility index (Phi) is 4.42. The number of H-pyrrole nitrogens is 1. The van der Waals surface area contributed by atoms with Crippen molar-refractivity contribution >= 4 is 34.8 Å². The van der Waals surface area contributed by atoms with Crippen LogP contribution in [0.15, 0.2) is 29.4 Å². The molecule has 20 heavy (non-hydrogen) atoms. The van der Waals surface area contributed by atoms with Gasteiger partial charge in [-0.25, -0.2) is 5.43 Å². The molecule has 0 radical (unpaired) electrons. The molecule has 0 saturated heterocycles. The number of nitrogens with zero attached hydrogens (tertiary/aromatic N) is 2. The van der Waals surface area contributed by atoms with Gasteiger partial charge in [-0.2, -0.15) is 10.2 Å². The highest BCUT2D eigenvalue weighted by atomic mass is 35.5. The maximum absolute atomic E-state index is 11.8. The second kappa shape index (κ2) is 6.07. The molecule has 5 nitrogen and oxygen atoms in total. The highest BCUT2D eigenvalue weighted by molar-refractivity contribution is 6.42. The van der Waals surface area contributed by atoms with Gasteiger partial charge in [-0.05, 0) is 37.6 Å². The fraction of sp³-hybridized carbons (Fsp3) is 0.154. The molecular weight excluding hydrogens is 299 g/mol. The van der Waals surface area contributed by atoms with E-state index in [0.29, 0.717) is 15.8 Å². The summed E-state index contributed by atoms with van der Waals surface area (Å²) in [5.41, 5.74) is 4.92. The molecule has 1 aromatic heterocycles. The Hall–Kier alpha value is -1.85. The van der Waals surface area contributed by atoms with Crippen molar-refractivity contribution in [1.82, 2.24) is 15.6 Å². The van der Waals surface area contributed by atoms with Gasteiger partial charge in [-0.15, -0.1) is 0 Å². The number of carbonyl (C=O) groups excluding carboxylic acids is 1. The topological polar surface area (TPSA) is 70.1 Å². The number of halogens is 2. The van der Waals surface area contributed by atoms with Crippen molar-refractivity contribution in [2.75, 3.05) is 0 Å². The Morgan fingerprint density at radius 3 is 2.65 bits per heavy atom. The summed E-state index contributed by atoms with van der Waals surface area (Å²) < 4.78 is 0. The van der Waals surface area contributed by atoms with Crippen LogP contribution in [0.1, 0.15) is 28.7 Å². The highest BCUT2D eigenvalue weighted by Gasteiger charge is 2.08. The van der Waals surface area contributed by atoms with Gasteiger partial charge in [0.2, 0.25) is 0 Å². The zero-order valence-corrected chi connectivity index (χ0v) is 12.4. The molecule has 2 N–H and O–H groups in total. The maximum atomic E-state index is 11.8. The van der Waals surface area contributed by atoms with E-state index >= 15 is 0 Å². The van der Waals surface area contributed by atoms with E-state index in [2.05, 4.69) is 20.7 Å². The molecule has 1 aromatic carbocycles. The van der Waals surface area contributed by atoms with Crippen LogP contribution >= 0.6 is 23.2 Å². The van der Waals surface area contributed by atoms with Gasteiger partial charge in [0.15, 0.2) is 5.69 Å². The first-order valence-electron chi connectivity index (χ1n) is 5.79. The zero-order valence-electron chi connectivity index (χ0n) is 10.9. The molecule has 0 aliphatic heterocycles. The molecule has 7 heteroatoms. The van der Waals surface area contributed by atoms with Crippen LogP contribution in [0.5, 0.6) is 0 Å². The van der Waals surface area contributed by atoms with E-state index in [1.165, 1.54) is 0 Å². The van der Waals surface area contributed by atoms with Gasteiger partial charge in [0, 0.05) is 5.69 Å². The zero-order chi connectivity index (χ0) is 14.7. The minimum atomic E-state index is -0.381. The second-order valence-electron chi connectivity index (χ2n) is 4.20. The van der Waals surface area contributed by atoms with Crippen molar-refractivity contribution in [2.24, 2.45) is 5.10 Å². The SMILES string of the molecule is CC(=NNC(=O)c1cc(C)[nH]n1)c1ccc(Cl)c(Cl)c1. The Morgan fingerprint density at radius 2 is 2.05 bits per heavy atom. The van der Waals surface area contributed by atoms with Crippen LogP contribution in [0, 0.1) is 6.92 Å². The summed E-state index contributed by atoms with van der Waals surface area (Å²) in [5, 5.41) is 11.5. The lowest BCUT2D eigenvalue weighted by molar-refractivity contribution is 0.0950. The van der Waals surface area contributed by atoms with Crippen LogP contribution in [0.3, 0.4) is 0 Å². The van der Waals surface area contributed by atoms with Crippen molar-refractivity contribution in [3.63, 3.8) is 0 Å². The molecule has 0 saturated carbocycles. The lowest BCUT2D eigenvalue weighted by atomic mass is 10.1. The standard InChI is InChI=1S/C13H12Cl2N4O/c1-7-5-12(18-16-7)13(20)19-17-8(2)9-3-4-10(14)11(15)6-9/h3-6H,1-2H3,(H,16,18)(H,19,20). The third-order valence-electron chi connectivity index (χ3n) is 2.60. The van der Waals surface area contributed by atoms with Crippen LogP contribution in [0.25, 0.3) is 0 Å². The van der Waals surface area contributed by atoms with Gasteiger partial charge in [0.05, 0.1) is 15.8 Å². The Labute approximate surface area is 126 Å². The normalized spacial score (nSPS) is 11.5. The van der Waals surface area contributed by atoms with Crippen molar-refractivity contribution < 1.29 is 4.79 Å². The lowest BCUT2D eigenvalue weighted by Crippen LogP contribution is -2.19. The van der Waals surface area contributed by atoms with Gasteiger partial charge in [-0.3, -0.25) is 9.89 Å². The van der Waals surface area contributed by atoms with E-state index < -0.39 is 0 Å². The number of aromatic nitrogens is 2. The summed E-state index contributed by atoms with van der Waals surface area (Å²) in [7, 11) is 0. The molecule has 0 atom stereocenters. The Bertz CT molecular complexity index is 679. The number of benzene rings is 1.